The van der Waals surface area contributed by atoms with Gasteiger partial charge >= 0.3 is 0 Å². The first-order chi connectivity index (χ1) is 14.6. The molecule has 1 aliphatic heterocycles. The van der Waals surface area contributed by atoms with Crippen LogP contribution in [0.5, 0.6) is 0 Å². The first-order valence-corrected chi connectivity index (χ1v) is 10.9. The number of halogens is 1. The molecule has 0 spiro atoms. The minimum absolute atomic E-state index is 0.0307. The van der Waals surface area contributed by atoms with Crippen molar-refractivity contribution in [3.63, 3.8) is 0 Å². The molecule has 3 aromatic rings. The third kappa shape index (κ3) is 3.21. The Morgan fingerprint density at radius 2 is 1.80 bits per heavy atom. The van der Waals surface area contributed by atoms with E-state index in [1.807, 2.05) is 30.3 Å². The van der Waals surface area contributed by atoms with Crippen LogP contribution in [0.4, 0.5) is 11.4 Å². The van der Waals surface area contributed by atoms with Crippen LogP contribution < -0.4 is 5.01 Å². The number of rotatable bonds is 3. The number of anilines is 1. The molecule has 30 heavy (non-hydrogen) atoms. The number of fused-ring (bicyclic) bond motifs is 3. The van der Waals surface area contributed by atoms with Crippen molar-refractivity contribution in [2.45, 2.75) is 25.3 Å². The van der Waals surface area contributed by atoms with Gasteiger partial charge in [-0.1, -0.05) is 58.4 Å². The van der Waals surface area contributed by atoms with Gasteiger partial charge in [0.25, 0.3) is 5.69 Å². The molecule has 0 saturated heterocycles. The zero-order valence-electron chi connectivity index (χ0n) is 16.2. The van der Waals surface area contributed by atoms with Crippen molar-refractivity contribution >= 4 is 33.0 Å². The van der Waals surface area contributed by atoms with Crippen LogP contribution in [0.3, 0.4) is 0 Å². The molecule has 0 amide bonds. The van der Waals surface area contributed by atoms with Gasteiger partial charge in [0.2, 0.25) is 0 Å². The Hall–Kier alpha value is -2.99. The average molecular weight is 462 g/mol. The molecule has 0 N–H and O–H groups in total. The zero-order chi connectivity index (χ0) is 20.7. The highest BCUT2D eigenvalue weighted by atomic mass is 79.9. The predicted octanol–water partition coefficient (Wildman–Crippen LogP) is 6.28. The molecule has 2 aliphatic rings. The summed E-state index contributed by atoms with van der Waals surface area (Å²) < 4.78 is 1.05. The summed E-state index contributed by atoms with van der Waals surface area (Å²) in [6.07, 6.45) is 2.92. The maximum Gasteiger partial charge on any atom is 0.270 e. The van der Waals surface area contributed by atoms with Crippen LogP contribution in [0, 0.1) is 16.0 Å². The highest BCUT2D eigenvalue weighted by Crippen LogP contribution is 2.46. The van der Waals surface area contributed by atoms with E-state index >= 15 is 0 Å². The van der Waals surface area contributed by atoms with Crippen LogP contribution in [0.25, 0.3) is 0 Å². The van der Waals surface area contributed by atoms with Gasteiger partial charge in [0.15, 0.2) is 0 Å². The molecule has 5 nitrogen and oxygen atoms in total. The summed E-state index contributed by atoms with van der Waals surface area (Å²) in [6, 6.07) is 23.7. The van der Waals surface area contributed by atoms with E-state index in [-0.39, 0.29) is 22.6 Å². The molecule has 0 saturated carbocycles. The Morgan fingerprint density at radius 1 is 1.03 bits per heavy atom. The Morgan fingerprint density at radius 3 is 2.57 bits per heavy atom. The van der Waals surface area contributed by atoms with E-state index in [2.05, 4.69) is 51.3 Å². The molecule has 3 aromatic carbocycles. The lowest BCUT2D eigenvalue weighted by Crippen LogP contribution is -2.26. The summed E-state index contributed by atoms with van der Waals surface area (Å²) in [5, 5.41) is 18.6. The van der Waals surface area contributed by atoms with Gasteiger partial charge in [0.05, 0.1) is 22.4 Å². The van der Waals surface area contributed by atoms with Crippen LogP contribution in [-0.4, -0.2) is 10.6 Å². The third-order valence-electron chi connectivity index (χ3n) is 6.00. The van der Waals surface area contributed by atoms with Crippen molar-refractivity contribution in [3.05, 3.63) is 104 Å². The van der Waals surface area contributed by atoms with Crippen LogP contribution in [0.15, 0.2) is 82.4 Å². The van der Waals surface area contributed by atoms with Gasteiger partial charge in [0, 0.05) is 28.1 Å². The smallest absolute Gasteiger partial charge is 0.258 e. The predicted molar refractivity (Wildman–Crippen MR) is 122 cm³/mol. The first kappa shape index (κ1) is 19.0. The van der Waals surface area contributed by atoms with E-state index in [0.717, 1.165) is 46.3 Å². The lowest BCUT2D eigenvalue weighted by atomic mass is 9.85. The molecule has 150 valence electrons. The van der Waals surface area contributed by atoms with E-state index < -0.39 is 0 Å². The maximum atomic E-state index is 11.4. The molecule has 0 fully saturated rings. The van der Waals surface area contributed by atoms with E-state index in [1.165, 1.54) is 5.56 Å². The average Bonchev–Trinajstić information content (AvgIpc) is 3.04. The van der Waals surface area contributed by atoms with E-state index in [1.54, 1.807) is 12.1 Å². The minimum atomic E-state index is -0.323. The molecule has 5 rings (SSSR count). The van der Waals surface area contributed by atoms with Crippen molar-refractivity contribution in [2.24, 2.45) is 11.0 Å². The lowest BCUT2D eigenvalue weighted by Gasteiger charge is -2.29. The number of hydrogen-bond donors (Lipinski definition) is 0. The van der Waals surface area contributed by atoms with E-state index in [9.17, 15) is 10.1 Å². The summed E-state index contributed by atoms with van der Waals surface area (Å²) in [5.74, 6) is 0.159. The third-order valence-corrected chi connectivity index (χ3v) is 6.72. The van der Waals surface area contributed by atoms with Gasteiger partial charge < -0.3 is 0 Å². The fraction of sp³-hybridized carbons (Fsp3) is 0.208. The molecule has 0 aromatic heterocycles. The Labute approximate surface area is 183 Å². The lowest BCUT2D eigenvalue weighted by molar-refractivity contribution is -0.384. The van der Waals surface area contributed by atoms with Crippen molar-refractivity contribution in [3.8, 4) is 0 Å². The summed E-state index contributed by atoms with van der Waals surface area (Å²) in [7, 11) is 0. The second-order valence-electron chi connectivity index (χ2n) is 7.73. The monoisotopic (exact) mass is 461 g/mol. The van der Waals surface area contributed by atoms with Crippen LogP contribution >= 0.6 is 15.9 Å². The Kier molecular flexibility index (Phi) is 4.87. The second-order valence-corrected chi connectivity index (χ2v) is 8.58. The standard InChI is InChI=1S/C24H20BrN3O2/c25-22-12-5-4-10-19(22)24-20-11-6-7-16-13-14-18(28(29)30)15-21(16)23(20)26-27(24)17-8-2-1-3-9-17/h1-5,8-10,12-15,20,24H,6-7,11H2. The van der Waals surface area contributed by atoms with Gasteiger partial charge in [-0.05, 0) is 48.6 Å². The van der Waals surface area contributed by atoms with Crippen LogP contribution in [-0.2, 0) is 6.42 Å². The Bertz CT molecular complexity index is 1150. The first-order valence-electron chi connectivity index (χ1n) is 10.1. The Balaban J connectivity index is 1.70. The number of aryl methyl sites for hydroxylation is 1. The van der Waals surface area contributed by atoms with Crippen molar-refractivity contribution in [2.75, 3.05) is 5.01 Å². The summed E-state index contributed by atoms with van der Waals surface area (Å²) in [6.45, 7) is 0. The minimum Gasteiger partial charge on any atom is -0.258 e. The molecule has 1 aliphatic carbocycles. The SMILES string of the molecule is O=[N+]([O-])c1ccc2c(c1)C1=NN(c3ccccc3)C(c3ccccc3Br)C1CCC2. The van der Waals surface area contributed by atoms with E-state index in [0.29, 0.717) is 0 Å². The van der Waals surface area contributed by atoms with Crippen molar-refractivity contribution < 1.29 is 4.92 Å². The van der Waals surface area contributed by atoms with Crippen molar-refractivity contribution in [1.82, 2.24) is 0 Å². The number of hydrazone groups is 1. The summed E-state index contributed by atoms with van der Waals surface area (Å²) in [4.78, 5) is 11.1. The van der Waals surface area contributed by atoms with Gasteiger partial charge in [-0.3, -0.25) is 15.1 Å². The molecule has 1 heterocycles. The van der Waals surface area contributed by atoms with Crippen LogP contribution in [0.1, 0.15) is 35.6 Å². The molecular weight excluding hydrogens is 442 g/mol. The number of nitrogens with zero attached hydrogens (tertiary/aromatic N) is 3. The number of nitro groups is 1. The molecule has 0 radical (unpaired) electrons. The largest absolute Gasteiger partial charge is 0.270 e. The highest BCUT2D eigenvalue weighted by molar-refractivity contribution is 9.10. The highest BCUT2D eigenvalue weighted by Gasteiger charge is 2.42. The molecule has 0 bridgehead atoms. The summed E-state index contributed by atoms with van der Waals surface area (Å²) >= 11 is 3.74. The number of benzene rings is 3. The fourth-order valence-electron chi connectivity index (χ4n) is 4.63. The zero-order valence-corrected chi connectivity index (χ0v) is 17.8. The summed E-state index contributed by atoms with van der Waals surface area (Å²) in [5.41, 5.74) is 5.33. The molecular formula is C24H20BrN3O2. The van der Waals surface area contributed by atoms with Crippen LogP contribution in [0.2, 0.25) is 0 Å². The van der Waals surface area contributed by atoms with Gasteiger partial charge in [-0.25, -0.2) is 0 Å². The number of nitro benzene ring substituents is 1. The number of non-ortho nitro benzene ring substituents is 1. The number of para-hydroxylation sites is 1. The molecule has 2 unspecified atom stereocenters. The van der Waals surface area contributed by atoms with Gasteiger partial charge in [-0.2, -0.15) is 5.10 Å². The molecule has 2 atom stereocenters. The molecule has 6 heteroatoms. The second kappa shape index (κ2) is 7.69. The van der Waals surface area contributed by atoms with Gasteiger partial charge in [0.1, 0.15) is 0 Å². The normalized spacial score (nSPS) is 20.2. The maximum absolute atomic E-state index is 11.4. The van der Waals surface area contributed by atoms with Crippen molar-refractivity contribution in [1.29, 1.82) is 0 Å². The van der Waals surface area contributed by atoms with E-state index in [4.69, 9.17) is 5.10 Å². The quantitative estimate of drug-likeness (QED) is 0.340. The van der Waals surface area contributed by atoms with Gasteiger partial charge in [-0.15, -0.1) is 0 Å². The topological polar surface area (TPSA) is 58.7 Å². The fourth-order valence-corrected chi connectivity index (χ4v) is 5.15. The number of hydrogen-bond acceptors (Lipinski definition) is 4.